The van der Waals surface area contributed by atoms with Crippen molar-refractivity contribution in [3.63, 3.8) is 0 Å². The van der Waals surface area contributed by atoms with Gasteiger partial charge in [0.1, 0.15) is 30.2 Å². The molecule has 15 heteroatoms. The highest BCUT2D eigenvalue weighted by molar-refractivity contribution is 6.32. The number of hydrogen-bond donors (Lipinski definition) is 2. The van der Waals surface area contributed by atoms with E-state index in [9.17, 15) is 22.7 Å². The van der Waals surface area contributed by atoms with Gasteiger partial charge in [0.15, 0.2) is 12.1 Å². The Labute approximate surface area is 261 Å². The van der Waals surface area contributed by atoms with Crippen molar-refractivity contribution in [2.75, 3.05) is 38.6 Å². The molecule has 6 aliphatic heterocycles. The summed E-state index contributed by atoms with van der Waals surface area (Å²) in [6.45, 7) is 3.42. The van der Waals surface area contributed by atoms with Gasteiger partial charge in [-0.25, -0.2) is 13.8 Å². The molecule has 244 valence electrons. The van der Waals surface area contributed by atoms with Crippen LogP contribution in [0, 0.1) is 5.92 Å². The molecule has 7 rings (SSSR count). The van der Waals surface area contributed by atoms with Crippen LogP contribution in [0.5, 0.6) is 0 Å². The smallest absolute Gasteiger partial charge is 0.418 e. The minimum Gasteiger partial charge on any atom is -0.461 e. The number of nitrogen functional groups attached to an aromatic ring is 1. The second-order valence-electron chi connectivity index (χ2n) is 13.0. The molecule has 3 N–H and O–H groups in total. The van der Waals surface area contributed by atoms with Crippen molar-refractivity contribution in [2.45, 2.75) is 81.2 Å². The molecule has 6 aliphatic rings. The number of amidine groups is 2. The van der Waals surface area contributed by atoms with Crippen molar-refractivity contribution in [3.05, 3.63) is 39.8 Å². The number of ether oxygens (including phenoxy) is 2. The predicted octanol–water partition coefficient (Wildman–Crippen LogP) is 4.86. The molecule has 0 saturated carbocycles. The Kier molecular flexibility index (Phi) is 7.45. The van der Waals surface area contributed by atoms with Crippen molar-refractivity contribution in [3.8, 4) is 0 Å². The van der Waals surface area contributed by atoms with Gasteiger partial charge in [-0.2, -0.15) is 23.2 Å². The van der Waals surface area contributed by atoms with Crippen molar-refractivity contribution >= 4 is 34.9 Å². The number of dihydropyridines is 1. The van der Waals surface area contributed by atoms with E-state index in [0.29, 0.717) is 38.2 Å². The van der Waals surface area contributed by atoms with Crippen LogP contribution in [-0.4, -0.2) is 94.9 Å². The molecule has 45 heavy (non-hydrogen) atoms. The van der Waals surface area contributed by atoms with Crippen LogP contribution >= 0.6 is 11.6 Å². The lowest BCUT2D eigenvalue weighted by Crippen LogP contribution is -2.61. The summed E-state index contributed by atoms with van der Waals surface area (Å²) in [5, 5.41) is 10.6. The highest BCUT2D eigenvalue weighted by Gasteiger charge is 2.52. The number of alkyl halides is 4. The minimum atomic E-state index is -4.95. The molecule has 4 saturated heterocycles. The minimum absolute atomic E-state index is 0.0632. The lowest BCUT2D eigenvalue weighted by Gasteiger charge is -2.50. The highest BCUT2D eigenvalue weighted by Crippen LogP contribution is 2.45. The van der Waals surface area contributed by atoms with Crippen LogP contribution in [0.4, 0.5) is 27.6 Å². The van der Waals surface area contributed by atoms with E-state index < -0.39 is 69.4 Å². The van der Waals surface area contributed by atoms with Crippen molar-refractivity contribution in [1.82, 2.24) is 9.80 Å². The SMILES string of the molecule is CC1(O)CCCN2C3=NC(OC[C@@]45CCCN4C[C@H](F)C5)=NC4=C(F)C(c5cc(N)cc(Cl)c5C(F)(F)F)=NC(OCCC21)C34. The maximum atomic E-state index is 16.7. The van der Waals surface area contributed by atoms with Crippen LogP contribution in [-0.2, 0) is 15.7 Å². The molecule has 0 radical (unpaired) electrons. The number of aliphatic hydroxyl groups is 1. The van der Waals surface area contributed by atoms with Crippen LogP contribution < -0.4 is 5.73 Å². The van der Waals surface area contributed by atoms with Crippen molar-refractivity contribution < 1.29 is 36.5 Å². The Hall–Kier alpha value is -2.81. The molecular weight excluding hydrogens is 623 g/mol. The number of fused-ring (bicyclic) bond motifs is 3. The summed E-state index contributed by atoms with van der Waals surface area (Å²) in [4.78, 5) is 17.5. The molecule has 9 nitrogen and oxygen atoms in total. The highest BCUT2D eigenvalue weighted by atomic mass is 35.5. The van der Waals surface area contributed by atoms with Gasteiger partial charge in [-0.15, -0.1) is 0 Å². The Morgan fingerprint density at radius 3 is 2.76 bits per heavy atom. The van der Waals surface area contributed by atoms with Crippen LogP contribution in [0.15, 0.2) is 38.6 Å². The third-order valence-corrected chi connectivity index (χ3v) is 10.3. The summed E-state index contributed by atoms with van der Waals surface area (Å²) in [5.41, 5.74) is 1.29. The first-order valence-electron chi connectivity index (χ1n) is 15.2. The molecule has 6 atom stereocenters. The molecular formula is C30H34ClF5N6O3. The van der Waals surface area contributed by atoms with E-state index in [4.69, 9.17) is 31.8 Å². The average Bonchev–Trinajstić information content (AvgIpc) is 3.46. The number of rotatable bonds is 3. The van der Waals surface area contributed by atoms with Gasteiger partial charge in [-0.3, -0.25) is 4.90 Å². The maximum Gasteiger partial charge on any atom is 0.418 e. The van der Waals surface area contributed by atoms with E-state index in [0.717, 1.165) is 31.5 Å². The Morgan fingerprint density at radius 1 is 1.20 bits per heavy atom. The number of anilines is 1. The first kappa shape index (κ1) is 30.8. The van der Waals surface area contributed by atoms with Crippen LogP contribution in [0.3, 0.4) is 0 Å². The van der Waals surface area contributed by atoms with Gasteiger partial charge >= 0.3 is 12.2 Å². The zero-order valence-corrected chi connectivity index (χ0v) is 25.3. The van der Waals surface area contributed by atoms with Gasteiger partial charge in [0, 0.05) is 30.8 Å². The number of aliphatic imine (C=N–C) groups is 3. The van der Waals surface area contributed by atoms with Crippen LogP contribution in [0.2, 0.25) is 5.02 Å². The Morgan fingerprint density at radius 2 is 1.98 bits per heavy atom. The normalized spacial score (nSPS) is 35.1. The molecule has 6 heterocycles. The van der Waals surface area contributed by atoms with Crippen LogP contribution in [0.25, 0.3) is 0 Å². The lowest BCUT2D eigenvalue weighted by molar-refractivity contribution is -0.137. The second-order valence-corrected chi connectivity index (χ2v) is 13.4. The van der Waals surface area contributed by atoms with E-state index >= 15 is 4.39 Å². The zero-order chi connectivity index (χ0) is 31.9. The fourth-order valence-corrected chi connectivity index (χ4v) is 8.34. The molecule has 4 fully saturated rings. The number of halogens is 6. The van der Waals surface area contributed by atoms with E-state index in [1.807, 2.05) is 4.90 Å². The largest absolute Gasteiger partial charge is 0.461 e. The van der Waals surface area contributed by atoms with E-state index in [2.05, 4.69) is 14.9 Å². The van der Waals surface area contributed by atoms with E-state index in [1.54, 1.807) is 6.92 Å². The van der Waals surface area contributed by atoms with Gasteiger partial charge in [0.05, 0.1) is 40.1 Å². The van der Waals surface area contributed by atoms with Gasteiger partial charge in [-0.1, -0.05) is 11.6 Å². The van der Waals surface area contributed by atoms with Crippen molar-refractivity contribution in [1.29, 1.82) is 0 Å². The van der Waals surface area contributed by atoms with Gasteiger partial charge in [-0.05, 0) is 57.7 Å². The monoisotopic (exact) mass is 656 g/mol. The first-order chi connectivity index (χ1) is 21.3. The Bertz CT molecular complexity index is 1530. The summed E-state index contributed by atoms with van der Waals surface area (Å²) in [5.74, 6) is -1.84. The molecule has 0 aromatic heterocycles. The third-order valence-electron chi connectivity index (χ3n) is 10.0. The topological polar surface area (TPSA) is 108 Å². The number of nitrogens with two attached hydrogens (primary N) is 1. The summed E-state index contributed by atoms with van der Waals surface area (Å²) in [6.07, 6.45) is -3.72. The van der Waals surface area contributed by atoms with Gasteiger partial charge < -0.3 is 25.2 Å². The first-order valence-corrected chi connectivity index (χ1v) is 15.6. The average molecular weight is 657 g/mol. The summed E-state index contributed by atoms with van der Waals surface area (Å²) < 4.78 is 86.1. The van der Waals surface area contributed by atoms with Gasteiger partial charge in [0.2, 0.25) is 0 Å². The number of allylic oxidation sites excluding steroid dienone is 1. The molecule has 4 unspecified atom stereocenters. The second kappa shape index (κ2) is 10.9. The zero-order valence-electron chi connectivity index (χ0n) is 24.6. The molecule has 1 aromatic rings. The van der Waals surface area contributed by atoms with E-state index in [1.165, 1.54) is 0 Å². The standard InChI is InChI=1S/C30H34ClF5N6O3/c1-28(43)5-2-8-42-19(28)4-9-44-26-20-24(22(33)23(38-26)17-10-16(37)11-18(31)21(17)30(34,35)36)39-27(40-25(20)42)45-14-29-6-3-7-41(29)13-15(32)12-29/h10-11,15,19-20,26,43H,2-9,12-14,37H2,1H3/t15-,19?,20?,26?,28?,29+/m1/s1. The summed E-state index contributed by atoms with van der Waals surface area (Å²) in [6, 6.07) is 1.30. The van der Waals surface area contributed by atoms with Gasteiger partial charge in [0.25, 0.3) is 0 Å². The molecule has 0 bridgehead atoms. The quantitative estimate of drug-likeness (QED) is 0.355. The predicted molar refractivity (Wildman–Crippen MR) is 158 cm³/mol. The molecule has 0 spiro atoms. The molecule has 1 aromatic carbocycles. The Balaban J connectivity index is 1.35. The van der Waals surface area contributed by atoms with Crippen molar-refractivity contribution in [2.24, 2.45) is 20.9 Å². The molecule has 0 aliphatic carbocycles. The third kappa shape index (κ3) is 5.21. The van der Waals surface area contributed by atoms with E-state index in [-0.39, 0.29) is 37.0 Å². The number of nitrogens with zero attached hydrogens (tertiary/aromatic N) is 5. The fraction of sp³-hybridized carbons (Fsp3) is 0.633. The number of piperidine rings is 1. The maximum absolute atomic E-state index is 16.7. The summed E-state index contributed by atoms with van der Waals surface area (Å²) >= 11 is 6.01. The number of benzene rings is 1. The molecule has 0 amide bonds. The fourth-order valence-electron chi connectivity index (χ4n) is 8.00. The number of hydrogen-bond acceptors (Lipinski definition) is 9. The lowest BCUT2D eigenvalue weighted by atomic mass is 9.81. The summed E-state index contributed by atoms with van der Waals surface area (Å²) in [7, 11) is 0. The van der Waals surface area contributed by atoms with Crippen LogP contribution in [0.1, 0.15) is 56.6 Å².